The summed E-state index contributed by atoms with van der Waals surface area (Å²) in [6, 6.07) is 8.25. The number of nitrogens with two attached hydrogens (primary N) is 1. The van der Waals surface area contributed by atoms with Gasteiger partial charge < -0.3 is 5.73 Å². The molecule has 0 spiro atoms. The van der Waals surface area contributed by atoms with Gasteiger partial charge in [0, 0.05) is 4.47 Å². The Hall–Kier alpha value is -0.870. The fourth-order valence-corrected chi connectivity index (χ4v) is 3.07. The SMILES string of the molecule is NC(=O)C1CCCN1CCCc1ccccc1Br. The lowest BCUT2D eigenvalue weighted by molar-refractivity contribution is -0.122. The Balaban J connectivity index is 1.82. The van der Waals surface area contributed by atoms with Gasteiger partial charge in [0.25, 0.3) is 0 Å². The predicted octanol–water partition coefficient (Wildman–Crippen LogP) is 2.33. The summed E-state index contributed by atoms with van der Waals surface area (Å²) in [6.07, 6.45) is 4.10. The Labute approximate surface area is 116 Å². The maximum atomic E-state index is 11.3. The van der Waals surface area contributed by atoms with Crippen molar-refractivity contribution in [3.63, 3.8) is 0 Å². The molecule has 98 valence electrons. The number of hydrogen-bond donors (Lipinski definition) is 1. The molecule has 1 aromatic rings. The molecule has 0 aliphatic carbocycles. The van der Waals surface area contributed by atoms with Gasteiger partial charge in [0.1, 0.15) is 0 Å². The normalized spacial score (nSPS) is 20.2. The van der Waals surface area contributed by atoms with Gasteiger partial charge in [-0.3, -0.25) is 9.69 Å². The van der Waals surface area contributed by atoms with Gasteiger partial charge in [-0.15, -0.1) is 0 Å². The first-order valence-electron chi connectivity index (χ1n) is 6.45. The summed E-state index contributed by atoms with van der Waals surface area (Å²) in [7, 11) is 0. The van der Waals surface area contributed by atoms with Crippen LogP contribution < -0.4 is 5.73 Å². The van der Waals surface area contributed by atoms with Gasteiger partial charge in [-0.1, -0.05) is 34.1 Å². The smallest absolute Gasteiger partial charge is 0.234 e. The number of likely N-dealkylation sites (tertiary alicyclic amines) is 1. The molecule has 3 nitrogen and oxygen atoms in total. The summed E-state index contributed by atoms with van der Waals surface area (Å²) in [5, 5.41) is 0. The van der Waals surface area contributed by atoms with Gasteiger partial charge in [-0.2, -0.15) is 0 Å². The Morgan fingerprint density at radius 2 is 2.22 bits per heavy atom. The zero-order valence-electron chi connectivity index (χ0n) is 10.4. The molecule has 1 unspecified atom stereocenters. The van der Waals surface area contributed by atoms with Gasteiger partial charge in [0.15, 0.2) is 0 Å². The molecular weight excluding hydrogens is 292 g/mol. The van der Waals surface area contributed by atoms with Gasteiger partial charge in [-0.25, -0.2) is 0 Å². The average Bonchev–Trinajstić information content (AvgIpc) is 2.80. The Morgan fingerprint density at radius 1 is 1.44 bits per heavy atom. The third kappa shape index (κ3) is 3.33. The number of hydrogen-bond acceptors (Lipinski definition) is 2. The first kappa shape index (κ1) is 13.6. The van der Waals surface area contributed by atoms with Gasteiger partial charge in [0.05, 0.1) is 6.04 Å². The molecule has 1 aromatic carbocycles. The van der Waals surface area contributed by atoms with Crippen LogP contribution in [0.5, 0.6) is 0 Å². The van der Waals surface area contributed by atoms with E-state index in [1.807, 2.05) is 6.07 Å². The van der Waals surface area contributed by atoms with E-state index in [2.05, 4.69) is 39.0 Å². The number of benzene rings is 1. The molecule has 1 atom stereocenters. The van der Waals surface area contributed by atoms with Crippen molar-refractivity contribution in [3.05, 3.63) is 34.3 Å². The minimum Gasteiger partial charge on any atom is -0.368 e. The summed E-state index contributed by atoms with van der Waals surface area (Å²) in [6.45, 7) is 1.96. The summed E-state index contributed by atoms with van der Waals surface area (Å²) in [4.78, 5) is 13.5. The highest BCUT2D eigenvalue weighted by Crippen LogP contribution is 2.20. The van der Waals surface area contributed by atoms with Gasteiger partial charge >= 0.3 is 0 Å². The molecule has 4 heteroatoms. The third-order valence-corrected chi connectivity index (χ3v) is 4.31. The number of carbonyl (C=O) groups excluding carboxylic acids is 1. The number of amides is 1. The second-order valence-corrected chi connectivity index (χ2v) is 5.65. The zero-order valence-corrected chi connectivity index (χ0v) is 12.0. The van der Waals surface area contributed by atoms with E-state index in [-0.39, 0.29) is 11.9 Å². The molecule has 0 radical (unpaired) electrons. The van der Waals surface area contributed by atoms with E-state index in [4.69, 9.17) is 5.73 Å². The fraction of sp³-hybridized carbons (Fsp3) is 0.500. The van der Waals surface area contributed by atoms with Crippen molar-refractivity contribution in [2.45, 2.75) is 31.7 Å². The molecule has 2 rings (SSSR count). The molecule has 2 N–H and O–H groups in total. The number of primary amides is 1. The fourth-order valence-electron chi connectivity index (χ4n) is 2.59. The second-order valence-electron chi connectivity index (χ2n) is 4.79. The van der Waals surface area contributed by atoms with Crippen LogP contribution in [0.25, 0.3) is 0 Å². The molecule has 1 amide bonds. The molecule has 1 heterocycles. The lowest BCUT2D eigenvalue weighted by atomic mass is 10.1. The van der Waals surface area contributed by atoms with Crippen LogP contribution in [0.15, 0.2) is 28.7 Å². The first-order chi connectivity index (χ1) is 8.68. The van der Waals surface area contributed by atoms with Crippen LogP contribution in [0.4, 0.5) is 0 Å². The van der Waals surface area contributed by atoms with Crippen LogP contribution >= 0.6 is 15.9 Å². The predicted molar refractivity (Wildman–Crippen MR) is 76.3 cm³/mol. The zero-order chi connectivity index (χ0) is 13.0. The summed E-state index contributed by atoms with van der Waals surface area (Å²) in [5.41, 5.74) is 6.73. The van der Waals surface area contributed by atoms with Crippen LogP contribution in [0.1, 0.15) is 24.8 Å². The Morgan fingerprint density at radius 3 is 2.94 bits per heavy atom. The van der Waals surface area contributed by atoms with E-state index >= 15 is 0 Å². The van der Waals surface area contributed by atoms with E-state index in [0.717, 1.165) is 43.2 Å². The Kier molecular flexibility index (Phi) is 4.78. The molecule has 1 fully saturated rings. The first-order valence-corrected chi connectivity index (χ1v) is 7.24. The van der Waals surface area contributed by atoms with Crippen molar-refractivity contribution >= 4 is 21.8 Å². The van der Waals surface area contributed by atoms with Crippen LogP contribution in [0.2, 0.25) is 0 Å². The molecular formula is C14H19BrN2O. The third-order valence-electron chi connectivity index (χ3n) is 3.54. The molecule has 18 heavy (non-hydrogen) atoms. The quantitative estimate of drug-likeness (QED) is 0.907. The monoisotopic (exact) mass is 310 g/mol. The molecule has 1 aliphatic rings. The number of carbonyl (C=O) groups is 1. The summed E-state index contributed by atoms with van der Waals surface area (Å²) >= 11 is 3.56. The lowest BCUT2D eigenvalue weighted by Crippen LogP contribution is -2.40. The van der Waals surface area contributed by atoms with Crippen LogP contribution in [-0.2, 0) is 11.2 Å². The number of nitrogens with zero attached hydrogens (tertiary/aromatic N) is 1. The molecule has 1 saturated heterocycles. The van der Waals surface area contributed by atoms with Crippen LogP contribution in [-0.4, -0.2) is 29.9 Å². The number of rotatable bonds is 5. The van der Waals surface area contributed by atoms with E-state index in [9.17, 15) is 4.79 Å². The minimum atomic E-state index is -0.173. The van der Waals surface area contributed by atoms with Crippen molar-refractivity contribution in [1.29, 1.82) is 0 Å². The highest BCUT2D eigenvalue weighted by molar-refractivity contribution is 9.10. The van der Waals surface area contributed by atoms with Gasteiger partial charge in [0.2, 0.25) is 5.91 Å². The molecule has 0 aromatic heterocycles. The van der Waals surface area contributed by atoms with Crippen molar-refractivity contribution < 1.29 is 4.79 Å². The van der Waals surface area contributed by atoms with Crippen molar-refractivity contribution in [2.75, 3.05) is 13.1 Å². The van der Waals surface area contributed by atoms with E-state index in [1.165, 1.54) is 5.56 Å². The highest BCUT2D eigenvalue weighted by Gasteiger charge is 2.28. The van der Waals surface area contributed by atoms with Gasteiger partial charge in [-0.05, 0) is 50.4 Å². The van der Waals surface area contributed by atoms with Crippen molar-refractivity contribution in [2.24, 2.45) is 5.73 Å². The largest absolute Gasteiger partial charge is 0.368 e. The average molecular weight is 311 g/mol. The topological polar surface area (TPSA) is 46.3 Å². The molecule has 0 saturated carbocycles. The van der Waals surface area contributed by atoms with Crippen molar-refractivity contribution in [1.82, 2.24) is 4.90 Å². The minimum absolute atomic E-state index is 0.0378. The standard InChI is InChI=1S/C14H19BrN2O/c15-12-7-2-1-5-11(12)6-3-9-17-10-4-8-13(17)14(16)18/h1-2,5,7,13H,3-4,6,8-10H2,(H2,16,18). The summed E-state index contributed by atoms with van der Waals surface area (Å²) < 4.78 is 1.16. The Bertz CT molecular complexity index is 422. The van der Waals surface area contributed by atoms with Crippen molar-refractivity contribution in [3.8, 4) is 0 Å². The maximum absolute atomic E-state index is 11.3. The number of aryl methyl sites for hydroxylation is 1. The second kappa shape index (κ2) is 6.34. The highest BCUT2D eigenvalue weighted by atomic mass is 79.9. The van der Waals surface area contributed by atoms with E-state index in [1.54, 1.807) is 0 Å². The van der Waals surface area contributed by atoms with Crippen LogP contribution in [0, 0.1) is 0 Å². The van der Waals surface area contributed by atoms with E-state index < -0.39 is 0 Å². The van der Waals surface area contributed by atoms with E-state index in [0.29, 0.717) is 0 Å². The lowest BCUT2D eigenvalue weighted by Gasteiger charge is -2.21. The molecule has 1 aliphatic heterocycles. The molecule has 0 bridgehead atoms. The maximum Gasteiger partial charge on any atom is 0.234 e. The number of halogens is 1. The summed E-state index contributed by atoms with van der Waals surface area (Å²) in [5.74, 6) is -0.173. The van der Waals surface area contributed by atoms with Crippen LogP contribution in [0.3, 0.4) is 0 Å².